The number of ether oxygens (including phenoxy) is 1. The Morgan fingerprint density at radius 2 is 1.83 bits per heavy atom. The number of phenols is 1. The van der Waals surface area contributed by atoms with Crippen molar-refractivity contribution in [3.63, 3.8) is 0 Å². The minimum Gasteiger partial charge on any atom is -0.507 e. The lowest BCUT2D eigenvalue weighted by molar-refractivity contribution is -0.132. The van der Waals surface area contributed by atoms with Crippen molar-refractivity contribution in [2.45, 2.75) is 13.3 Å². The van der Waals surface area contributed by atoms with Crippen LogP contribution in [0.15, 0.2) is 40.9 Å². The number of piperazine rings is 1. The monoisotopic (exact) mass is 462 g/mol. The number of hydrogen-bond acceptors (Lipinski definition) is 5. The highest BCUT2D eigenvalue weighted by Crippen LogP contribution is 2.25. The Labute approximate surface area is 177 Å². The molecule has 0 unspecified atom stereocenters. The third kappa shape index (κ3) is 5.20. The van der Waals surface area contributed by atoms with E-state index >= 15 is 0 Å². The van der Waals surface area contributed by atoms with Crippen LogP contribution in [0.25, 0.3) is 0 Å². The van der Waals surface area contributed by atoms with Crippen molar-refractivity contribution in [3.8, 4) is 11.5 Å². The first-order valence-corrected chi connectivity index (χ1v) is 10.1. The number of carboxylic acids is 1. The molecule has 1 aliphatic rings. The topological polar surface area (TPSA) is 90.3 Å². The summed E-state index contributed by atoms with van der Waals surface area (Å²) in [5.74, 6) is -0.612. The normalized spacial score (nSPS) is 14.0. The second-order valence-electron chi connectivity index (χ2n) is 6.88. The molecule has 7 nitrogen and oxygen atoms in total. The highest BCUT2D eigenvalue weighted by Gasteiger charge is 2.22. The first-order valence-electron chi connectivity index (χ1n) is 9.33. The van der Waals surface area contributed by atoms with E-state index in [2.05, 4.69) is 15.9 Å². The molecule has 0 spiro atoms. The quantitative estimate of drug-likeness (QED) is 0.684. The van der Waals surface area contributed by atoms with Gasteiger partial charge in [-0.15, -0.1) is 0 Å². The number of amides is 1. The van der Waals surface area contributed by atoms with Crippen molar-refractivity contribution in [3.05, 3.63) is 52.0 Å². The zero-order valence-corrected chi connectivity index (χ0v) is 17.7. The summed E-state index contributed by atoms with van der Waals surface area (Å²) in [4.78, 5) is 27.5. The molecule has 1 fully saturated rings. The van der Waals surface area contributed by atoms with E-state index in [1.807, 2.05) is 30.0 Å². The minimum atomic E-state index is -1.17. The van der Waals surface area contributed by atoms with Gasteiger partial charge in [-0.25, -0.2) is 4.79 Å². The average Bonchev–Trinajstić information content (AvgIpc) is 2.70. The Balaban J connectivity index is 1.49. The Bertz CT molecular complexity index is 910. The predicted octanol–water partition coefficient (Wildman–Crippen LogP) is 3.28. The molecule has 29 heavy (non-hydrogen) atoms. The van der Waals surface area contributed by atoms with Gasteiger partial charge in [-0.1, -0.05) is 15.9 Å². The van der Waals surface area contributed by atoms with E-state index in [4.69, 9.17) is 9.84 Å². The van der Waals surface area contributed by atoms with Gasteiger partial charge in [-0.3, -0.25) is 4.79 Å². The van der Waals surface area contributed by atoms with Crippen LogP contribution < -0.4 is 9.64 Å². The van der Waals surface area contributed by atoms with Crippen molar-refractivity contribution in [1.29, 1.82) is 0 Å². The first kappa shape index (κ1) is 21.0. The maximum Gasteiger partial charge on any atom is 0.339 e. The van der Waals surface area contributed by atoms with Gasteiger partial charge in [0.25, 0.3) is 0 Å². The number of anilines is 1. The van der Waals surface area contributed by atoms with Crippen molar-refractivity contribution in [1.82, 2.24) is 4.90 Å². The number of aryl methyl sites for hydroxylation is 1. The molecule has 0 radical (unpaired) electrons. The van der Waals surface area contributed by atoms with Crippen LogP contribution in [0.3, 0.4) is 0 Å². The van der Waals surface area contributed by atoms with E-state index in [-0.39, 0.29) is 17.2 Å². The molecular formula is C21H23BrN2O5. The first-order chi connectivity index (χ1) is 13.8. The number of carbonyl (C=O) groups excluding carboxylic acids is 1. The van der Waals surface area contributed by atoms with Gasteiger partial charge >= 0.3 is 5.97 Å². The number of nitrogens with zero attached hydrogens (tertiary/aromatic N) is 2. The van der Waals surface area contributed by atoms with Crippen LogP contribution in [0.5, 0.6) is 11.5 Å². The summed E-state index contributed by atoms with van der Waals surface area (Å²) in [5, 5.41) is 18.8. The second-order valence-corrected chi connectivity index (χ2v) is 7.80. The zero-order chi connectivity index (χ0) is 21.0. The molecule has 1 aliphatic heterocycles. The maximum atomic E-state index is 12.5. The van der Waals surface area contributed by atoms with Gasteiger partial charge in [-0.2, -0.15) is 0 Å². The molecule has 2 N–H and O–H groups in total. The number of rotatable bonds is 6. The number of benzene rings is 2. The molecule has 0 atom stereocenters. The van der Waals surface area contributed by atoms with Crippen molar-refractivity contribution in [2.24, 2.45) is 0 Å². The zero-order valence-electron chi connectivity index (χ0n) is 16.1. The summed E-state index contributed by atoms with van der Waals surface area (Å²) in [6, 6.07) is 10.3. The Kier molecular flexibility index (Phi) is 6.64. The van der Waals surface area contributed by atoms with Crippen LogP contribution >= 0.6 is 15.9 Å². The summed E-state index contributed by atoms with van der Waals surface area (Å²) >= 11 is 3.41. The summed E-state index contributed by atoms with van der Waals surface area (Å²) in [5.41, 5.74) is 1.61. The van der Waals surface area contributed by atoms with Gasteiger partial charge in [0.1, 0.15) is 17.1 Å². The average molecular weight is 463 g/mol. The molecule has 0 bridgehead atoms. The summed E-state index contributed by atoms with van der Waals surface area (Å²) < 4.78 is 6.72. The summed E-state index contributed by atoms with van der Waals surface area (Å²) in [6.07, 6.45) is 0.303. The third-order valence-electron chi connectivity index (χ3n) is 4.92. The number of halogens is 1. The lowest BCUT2D eigenvalue weighted by atomic mass is 10.1. The smallest absolute Gasteiger partial charge is 0.339 e. The predicted molar refractivity (Wildman–Crippen MR) is 113 cm³/mol. The van der Waals surface area contributed by atoms with Crippen LogP contribution in [-0.4, -0.2) is 59.8 Å². The van der Waals surface area contributed by atoms with Gasteiger partial charge in [0.15, 0.2) is 0 Å². The van der Waals surface area contributed by atoms with E-state index in [1.54, 1.807) is 11.0 Å². The maximum absolute atomic E-state index is 12.5. The van der Waals surface area contributed by atoms with Crippen LogP contribution in [0.1, 0.15) is 22.3 Å². The van der Waals surface area contributed by atoms with Gasteiger partial charge in [-0.05, 0) is 48.9 Å². The van der Waals surface area contributed by atoms with E-state index in [0.29, 0.717) is 39.2 Å². The lowest BCUT2D eigenvalue weighted by Gasteiger charge is -2.36. The highest BCUT2D eigenvalue weighted by atomic mass is 79.9. The molecule has 8 heteroatoms. The Hall–Kier alpha value is -2.74. The van der Waals surface area contributed by atoms with Crippen molar-refractivity contribution >= 4 is 33.5 Å². The van der Waals surface area contributed by atoms with E-state index in [1.165, 1.54) is 12.1 Å². The molecule has 0 aromatic heterocycles. The molecular weight excluding hydrogens is 440 g/mol. The fraction of sp³-hybridized carbons (Fsp3) is 0.333. The van der Waals surface area contributed by atoms with Gasteiger partial charge in [0, 0.05) is 36.3 Å². The molecule has 1 amide bonds. The molecule has 2 aromatic rings. The largest absolute Gasteiger partial charge is 0.507 e. The molecule has 1 saturated heterocycles. The highest BCUT2D eigenvalue weighted by molar-refractivity contribution is 9.10. The molecule has 0 saturated carbocycles. The number of carbonyl (C=O) groups is 2. The van der Waals surface area contributed by atoms with Crippen molar-refractivity contribution in [2.75, 3.05) is 37.7 Å². The number of carboxylic acid groups (broad SMARTS) is 1. The van der Waals surface area contributed by atoms with Crippen molar-refractivity contribution < 1.29 is 24.5 Å². The van der Waals surface area contributed by atoms with Crippen LogP contribution in [0.4, 0.5) is 5.69 Å². The van der Waals surface area contributed by atoms with E-state index in [9.17, 15) is 14.7 Å². The SMILES string of the molecule is Cc1cc(Br)ccc1OCCC(=O)N1CCN(c2ccc(O)c(C(=O)O)c2)CC1. The number of hydrogen-bond donors (Lipinski definition) is 2. The lowest BCUT2D eigenvalue weighted by Crippen LogP contribution is -2.49. The standard InChI is InChI=1S/C21H23BrN2O5/c1-14-12-15(22)2-5-19(14)29-11-6-20(26)24-9-7-23(8-10-24)16-3-4-18(25)17(13-16)21(27)28/h2-5,12-13,25H,6-11H2,1H3,(H,27,28). The van der Waals surface area contributed by atoms with E-state index < -0.39 is 5.97 Å². The number of aromatic carboxylic acids is 1. The number of aromatic hydroxyl groups is 1. The molecule has 3 rings (SSSR count). The van der Waals surface area contributed by atoms with E-state index in [0.717, 1.165) is 21.5 Å². The van der Waals surface area contributed by atoms with Gasteiger partial charge in [0.2, 0.25) is 5.91 Å². The Morgan fingerprint density at radius 3 is 2.48 bits per heavy atom. The van der Waals surface area contributed by atoms with Gasteiger partial charge < -0.3 is 24.7 Å². The van der Waals surface area contributed by atoms with Crippen LogP contribution in [0.2, 0.25) is 0 Å². The van der Waals surface area contributed by atoms with Crippen LogP contribution in [-0.2, 0) is 4.79 Å². The van der Waals surface area contributed by atoms with Crippen LogP contribution in [0, 0.1) is 6.92 Å². The third-order valence-corrected chi connectivity index (χ3v) is 5.41. The van der Waals surface area contributed by atoms with Gasteiger partial charge in [0.05, 0.1) is 13.0 Å². The molecule has 0 aliphatic carbocycles. The molecule has 1 heterocycles. The molecule has 2 aromatic carbocycles. The Morgan fingerprint density at radius 1 is 1.10 bits per heavy atom. The molecule has 154 valence electrons. The summed E-state index contributed by atoms with van der Waals surface area (Å²) in [6.45, 7) is 4.59. The fourth-order valence-electron chi connectivity index (χ4n) is 3.29. The summed E-state index contributed by atoms with van der Waals surface area (Å²) in [7, 11) is 0. The second kappa shape index (κ2) is 9.17. The fourth-order valence-corrected chi connectivity index (χ4v) is 3.76. The minimum absolute atomic E-state index is 0.0383.